The summed E-state index contributed by atoms with van der Waals surface area (Å²) >= 11 is 0. The molecular formula is C11H19F3N6. The Morgan fingerprint density at radius 3 is 2.45 bits per heavy atom. The van der Waals surface area contributed by atoms with Crippen LogP contribution in [0.5, 0.6) is 0 Å². The minimum absolute atomic E-state index is 0.113. The number of halogens is 3. The van der Waals surface area contributed by atoms with Crippen LogP contribution in [0.3, 0.4) is 0 Å². The molecule has 1 aromatic heterocycles. The van der Waals surface area contributed by atoms with E-state index in [0.29, 0.717) is 25.1 Å². The van der Waals surface area contributed by atoms with E-state index >= 15 is 0 Å². The maximum absolute atomic E-state index is 12.6. The molecule has 0 radical (unpaired) electrons. The monoisotopic (exact) mass is 292 g/mol. The molecular weight excluding hydrogens is 273 g/mol. The number of nitrogens with one attached hydrogen (secondary N) is 1. The lowest BCUT2D eigenvalue weighted by Gasteiger charge is -2.33. The fourth-order valence-electron chi connectivity index (χ4n) is 2.81. The number of nitrogens with two attached hydrogens (primary N) is 1. The van der Waals surface area contributed by atoms with Gasteiger partial charge in [0, 0.05) is 12.5 Å². The van der Waals surface area contributed by atoms with Crippen LogP contribution in [0.25, 0.3) is 0 Å². The van der Waals surface area contributed by atoms with E-state index in [0.717, 1.165) is 0 Å². The van der Waals surface area contributed by atoms with Crippen molar-refractivity contribution in [1.82, 2.24) is 25.6 Å². The third-order valence-corrected chi connectivity index (χ3v) is 3.97. The summed E-state index contributed by atoms with van der Waals surface area (Å²) in [6.45, 7) is 0. The minimum atomic E-state index is -4.08. The Labute approximate surface area is 114 Å². The molecule has 1 fully saturated rings. The highest BCUT2D eigenvalue weighted by Crippen LogP contribution is 2.40. The largest absolute Gasteiger partial charge is 0.391 e. The van der Waals surface area contributed by atoms with E-state index in [1.165, 1.54) is 4.80 Å². The van der Waals surface area contributed by atoms with Crippen LogP contribution in [0.15, 0.2) is 0 Å². The van der Waals surface area contributed by atoms with Crippen molar-refractivity contribution in [2.24, 2.45) is 24.7 Å². The highest BCUT2D eigenvalue weighted by atomic mass is 19.4. The molecule has 0 aromatic carbocycles. The van der Waals surface area contributed by atoms with Crippen LogP contribution in [-0.4, -0.2) is 32.4 Å². The molecule has 0 amide bonds. The Hall–Kier alpha value is -1.22. The van der Waals surface area contributed by atoms with Gasteiger partial charge in [0.15, 0.2) is 5.82 Å². The molecule has 20 heavy (non-hydrogen) atoms. The van der Waals surface area contributed by atoms with Gasteiger partial charge in [-0.1, -0.05) is 0 Å². The lowest BCUT2D eigenvalue weighted by Crippen LogP contribution is -2.44. The molecule has 9 heteroatoms. The van der Waals surface area contributed by atoms with Gasteiger partial charge in [-0.3, -0.25) is 11.3 Å². The van der Waals surface area contributed by atoms with Crippen LogP contribution in [-0.2, 0) is 13.5 Å². The zero-order valence-electron chi connectivity index (χ0n) is 11.3. The van der Waals surface area contributed by atoms with Crippen molar-refractivity contribution >= 4 is 0 Å². The minimum Gasteiger partial charge on any atom is -0.271 e. The van der Waals surface area contributed by atoms with Gasteiger partial charge in [-0.2, -0.15) is 18.0 Å². The molecule has 1 atom stereocenters. The normalized spacial score (nSPS) is 25.6. The average Bonchev–Trinajstić information content (AvgIpc) is 2.81. The van der Waals surface area contributed by atoms with E-state index in [4.69, 9.17) is 5.84 Å². The first-order chi connectivity index (χ1) is 9.40. The van der Waals surface area contributed by atoms with Crippen molar-refractivity contribution in [3.8, 4) is 0 Å². The van der Waals surface area contributed by atoms with Gasteiger partial charge in [-0.05, 0) is 36.8 Å². The Kier molecular flexibility index (Phi) is 4.59. The number of rotatable bonds is 4. The average molecular weight is 292 g/mol. The van der Waals surface area contributed by atoms with Crippen molar-refractivity contribution in [3.05, 3.63) is 5.82 Å². The number of aromatic nitrogens is 4. The standard InChI is InChI=1S/C11H19F3N6/c1-20-18-10(17-19-20)6-9(16-15)7-2-4-8(5-3-7)11(12,13)14/h7-9,16H,2-6,15H2,1H3. The number of aryl methyl sites for hydroxylation is 1. The Morgan fingerprint density at radius 1 is 1.35 bits per heavy atom. The van der Waals surface area contributed by atoms with Crippen molar-refractivity contribution in [2.75, 3.05) is 0 Å². The number of nitrogens with zero attached hydrogens (tertiary/aromatic N) is 4. The second-order valence-corrected chi connectivity index (χ2v) is 5.33. The van der Waals surface area contributed by atoms with Crippen LogP contribution < -0.4 is 11.3 Å². The summed E-state index contributed by atoms with van der Waals surface area (Å²) in [6, 6.07) is -0.117. The molecule has 1 heterocycles. The summed E-state index contributed by atoms with van der Waals surface area (Å²) in [5, 5.41) is 11.7. The summed E-state index contributed by atoms with van der Waals surface area (Å²) in [7, 11) is 1.66. The predicted molar refractivity (Wildman–Crippen MR) is 65.1 cm³/mol. The summed E-state index contributed by atoms with van der Waals surface area (Å²) in [4.78, 5) is 1.35. The zero-order chi connectivity index (χ0) is 14.8. The van der Waals surface area contributed by atoms with Crippen LogP contribution in [0.2, 0.25) is 0 Å². The van der Waals surface area contributed by atoms with Crippen LogP contribution in [0.1, 0.15) is 31.5 Å². The van der Waals surface area contributed by atoms with Crippen LogP contribution >= 0.6 is 0 Å². The Balaban J connectivity index is 1.90. The summed E-state index contributed by atoms with van der Waals surface area (Å²) < 4.78 is 37.9. The first-order valence-electron chi connectivity index (χ1n) is 6.66. The van der Waals surface area contributed by atoms with E-state index in [9.17, 15) is 13.2 Å². The fourth-order valence-corrected chi connectivity index (χ4v) is 2.81. The molecule has 0 spiro atoms. The van der Waals surface area contributed by atoms with Crippen molar-refractivity contribution in [3.63, 3.8) is 0 Å². The lowest BCUT2D eigenvalue weighted by atomic mass is 9.77. The number of hydrazine groups is 1. The third-order valence-electron chi connectivity index (χ3n) is 3.97. The SMILES string of the molecule is Cn1nnc(CC(NN)C2CCC(C(F)(F)F)CC2)n1. The van der Waals surface area contributed by atoms with E-state index in [1.54, 1.807) is 7.05 Å². The maximum atomic E-state index is 12.6. The summed E-state index contributed by atoms with van der Waals surface area (Å²) in [5.74, 6) is 5.01. The van der Waals surface area contributed by atoms with Crippen LogP contribution in [0, 0.1) is 11.8 Å². The number of hydrogen-bond donors (Lipinski definition) is 2. The summed E-state index contributed by atoms with van der Waals surface area (Å²) in [5.41, 5.74) is 2.68. The smallest absolute Gasteiger partial charge is 0.271 e. The topological polar surface area (TPSA) is 81.7 Å². The molecule has 114 valence electrons. The molecule has 1 saturated carbocycles. The van der Waals surface area contributed by atoms with Crippen molar-refractivity contribution < 1.29 is 13.2 Å². The molecule has 6 nitrogen and oxygen atoms in total. The second-order valence-electron chi connectivity index (χ2n) is 5.33. The van der Waals surface area contributed by atoms with Crippen molar-refractivity contribution in [2.45, 2.75) is 44.3 Å². The molecule has 1 aliphatic carbocycles. The molecule has 1 aliphatic rings. The van der Waals surface area contributed by atoms with Gasteiger partial charge in [-0.15, -0.1) is 10.2 Å². The molecule has 0 aliphatic heterocycles. The fraction of sp³-hybridized carbons (Fsp3) is 0.909. The molecule has 1 unspecified atom stereocenters. The second kappa shape index (κ2) is 6.04. The van der Waals surface area contributed by atoms with E-state index in [1.807, 2.05) is 0 Å². The third kappa shape index (κ3) is 3.66. The van der Waals surface area contributed by atoms with Gasteiger partial charge >= 0.3 is 6.18 Å². The molecule has 0 saturated heterocycles. The van der Waals surface area contributed by atoms with Gasteiger partial charge in [0.05, 0.1) is 13.0 Å². The summed E-state index contributed by atoms with van der Waals surface area (Å²) in [6.07, 6.45) is -2.24. The molecule has 3 N–H and O–H groups in total. The first-order valence-corrected chi connectivity index (χ1v) is 6.66. The number of tetrazole rings is 1. The molecule has 2 rings (SSSR count). The highest BCUT2D eigenvalue weighted by molar-refractivity contribution is 4.90. The van der Waals surface area contributed by atoms with Crippen LogP contribution in [0.4, 0.5) is 13.2 Å². The lowest BCUT2D eigenvalue weighted by molar-refractivity contribution is -0.184. The van der Waals surface area contributed by atoms with E-state index in [2.05, 4.69) is 20.8 Å². The zero-order valence-corrected chi connectivity index (χ0v) is 11.3. The first kappa shape index (κ1) is 15.2. The quantitative estimate of drug-likeness (QED) is 0.638. The van der Waals surface area contributed by atoms with Gasteiger partial charge in [0.2, 0.25) is 0 Å². The van der Waals surface area contributed by atoms with Crippen molar-refractivity contribution in [1.29, 1.82) is 0 Å². The Morgan fingerprint density at radius 2 is 2.00 bits per heavy atom. The van der Waals surface area contributed by atoms with E-state index in [-0.39, 0.29) is 24.8 Å². The molecule has 0 bridgehead atoms. The van der Waals surface area contributed by atoms with Gasteiger partial charge in [0.1, 0.15) is 0 Å². The van der Waals surface area contributed by atoms with E-state index < -0.39 is 12.1 Å². The van der Waals surface area contributed by atoms with Gasteiger partial charge in [-0.25, -0.2) is 0 Å². The van der Waals surface area contributed by atoms with Gasteiger partial charge < -0.3 is 0 Å². The predicted octanol–water partition coefficient (Wildman–Crippen LogP) is 0.953. The highest BCUT2D eigenvalue weighted by Gasteiger charge is 2.42. The Bertz CT molecular complexity index is 424. The maximum Gasteiger partial charge on any atom is 0.391 e. The van der Waals surface area contributed by atoms with Gasteiger partial charge in [0.25, 0.3) is 0 Å². The molecule has 1 aromatic rings. The number of alkyl halides is 3. The number of hydrogen-bond acceptors (Lipinski definition) is 5.